The molecule has 6 heteroatoms. The predicted molar refractivity (Wildman–Crippen MR) is 113 cm³/mol. The van der Waals surface area contributed by atoms with E-state index in [1.165, 1.54) is 6.07 Å². The molecule has 2 atom stereocenters. The molecule has 0 unspecified atom stereocenters. The van der Waals surface area contributed by atoms with Gasteiger partial charge in [-0.25, -0.2) is 4.39 Å². The summed E-state index contributed by atoms with van der Waals surface area (Å²) in [7, 11) is 0. The molecular weight excluding hydrogens is 389 g/mol. The Hall–Kier alpha value is -3.92. The molecule has 5 nitrogen and oxygen atoms in total. The van der Waals surface area contributed by atoms with Crippen molar-refractivity contribution in [2.24, 2.45) is 17.1 Å². The summed E-state index contributed by atoms with van der Waals surface area (Å²) in [6, 6.07) is 22.3. The highest BCUT2D eigenvalue weighted by Gasteiger charge is 2.55. The van der Waals surface area contributed by atoms with E-state index in [1.54, 1.807) is 18.2 Å². The van der Waals surface area contributed by atoms with Gasteiger partial charge in [0.15, 0.2) is 5.41 Å². The first kappa shape index (κ1) is 20.4. The summed E-state index contributed by atoms with van der Waals surface area (Å²) >= 11 is 0. The minimum absolute atomic E-state index is 0.0905. The Bertz CT molecular complexity index is 1180. The van der Waals surface area contributed by atoms with Gasteiger partial charge in [0.2, 0.25) is 0 Å². The van der Waals surface area contributed by atoms with Gasteiger partial charge in [-0.05, 0) is 22.8 Å². The number of allylic oxidation sites excluding steroid dienone is 2. The van der Waals surface area contributed by atoms with E-state index < -0.39 is 23.1 Å². The van der Waals surface area contributed by atoms with Crippen molar-refractivity contribution in [1.82, 2.24) is 4.90 Å². The second-order valence-corrected chi connectivity index (χ2v) is 7.88. The summed E-state index contributed by atoms with van der Waals surface area (Å²) in [5.41, 5.74) is 6.60. The van der Waals surface area contributed by atoms with Crippen LogP contribution in [0.4, 0.5) is 4.39 Å². The fourth-order valence-electron chi connectivity index (χ4n) is 4.78. The lowest BCUT2D eigenvalue weighted by atomic mass is 9.58. The highest BCUT2D eigenvalue weighted by molar-refractivity contribution is 5.59. The van der Waals surface area contributed by atoms with E-state index in [9.17, 15) is 20.2 Å². The Morgan fingerprint density at radius 2 is 1.71 bits per heavy atom. The van der Waals surface area contributed by atoms with Crippen molar-refractivity contribution in [2.75, 3.05) is 13.1 Å². The number of halogens is 1. The van der Waals surface area contributed by atoms with Gasteiger partial charge in [-0.3, -0.25) is 4.90 Å². The average Bonchev–Trinajstić information content (AvgIpc) is 2.80. The third kappa shape index (κ3) is 3.26. The second-order valence-electron chi connectivity index (χ2n) is 7.88. The fourth-order valence-corrected chi connectivity index (χ4v) is 4.78. The molecule has 0 bridgehead atoms. The van der Waals surface area contributed by atoms with Gasteiger partial charge in [-0.2, -0.15) is 15.8 Å². The van der Waals surface area contributed by atoms with E-state index >= 15 is 0 Å². The van der Waals surface area contributed by atoms with Gasteiger partial charge in [0.05, 0.1) is 23.4 Å². The molecular formula is C25H20FN5. The fraction of sp³-hybridized carbons (Fsp3) is 0.240. The smallest absolute Gasteiger partial charge is 0.191 e. The number of hydrogen-bond acceptors (Lipinski definition) is 5. The maximum Gasteiger partial charge on any atom is 0.191 e. The van der Waals surface area contributed by atoms with Crippen LogP contribution in [0.5, 0.6) is 0 Å². The van der Waals surface area contributed by atoms with Crippen LogP contribution in [0.2, 0.25) is 0 Å². The molecule has 31 heavy (non-hydrogen) atoms. The standard InChI is InChI=1S/C25H20FN5/c26-22-9-5-4-8-19(22)23-21-14-31(13-17-6-2-1-3-7-17)11-10-18(21)20(12-27)24(30)25(23,15-28)16-29/h1-10,21,23H,11,13-14,30H2/t21-,23+/m1/s1. The minimum Gasteiger partial charge on any atom is -0.399 e. The van der Waals surface area contributed by atoms with Crippen molar-refractivity contribution >= 4 is 0 Å². The van der Waals surface area contributed by atoms with Crippen LogP contribution in [0.25, 0.3) is 0 Å². The number of hydrogen-bond donors (Lipinski definition) is 1. The Balaban J connectivity index is 1.87. The van der Waals surface area contributed by atoms with E-state index in [1.807, 2.05) is 48.5 Å². The Kier molecular flexibility index (Phi) is 5.30. The Morgan fingerprint density at radius 3 is 2.35 bits per heavy atom. The highest BCUT2D eigenvalue weighted by Crippen LogP contribution is 2.54. The van der Waals surface area contributed by atoms with Gasteiger partial charge in [0.1, 0.15) is 11.9 Å². The molecule has 0 radical (unpaired) electrons. The van der Waals surface area contributed by atoms with E-state index in [-0.39, 0.29) is 16.8 Å². The van der Waals surface area contributed by atoms with Crippen LogP contribution in [0.3, 0.4) is 0 Å². The molecule has 1 aliphatic heterocycles. The topological polar surface area (TPSA) is 101 Å². The van der Waals surface area contributed by atoms with Gasteiger partial charge < -0.3 is 5.73 Å². The quantitative estimate of drug-likeness (QED) is 0.832. The number of nitrogens with two attached hydrogens (primary N) is 1. The van der Waals surface area contributed by atoms with Crippen LogP contribution in [-0.4, -0.2) is 18.0 Å². The molecule has 0 saturated heterocycles. The van der Waals surface area contributed by atoms with Crippen LogP contribution >= 0.6 is 0 Å². The van der Waals surface area contributed by atoms with Gasteiger partial charge in [0, 0.05) is 31.5 Å². The molecule has 2 aromatic carbocycles. The zero-order valence-corrected chi connectivity index (χ0v) is 16.8. The molecule has 1 aliphatic carbocycles. The lowest BCUT2D eigenvalue weighted by Gasteiger charge is -2.45. The first-order chi connectivity index (χ1) is 15.1. The van der Waals surface area contributed by atoms with Crippen molar-refractivity contribution < 1.29 is 4.39 Å². The second kappa shape index (κ2) is 8.07. The molecule has 2 aliphatic rings. The van der Waals surface area contributed by atoms with Gasteiger partial charge in [-0.15, -0.1) is 0 Å². The third-order valence-electron chi connectivity index (χ3n) is 6.23. The monoisotopic (exact) mass is 409 g/mol. The van der Waals surface area contributed by atoms with E-state index in [0.717, 1.165) is 5.56 Å². The van der Waals surface area contributed by atoms with Crippen LogP contribution in [0.1, 0.15) is 17.0 Å². The molecule has 0 spiro atoms. The maximum absolute atomic E-state index is 14.9. The van der Waals surface area contributed by atoms with Gasteiger partial charge in [0.25, 0.3) is 0 Å². The van der Waals surface area contributed by atoms with Crippen LogP contribution in [0, 0.1) is 51.1 Å². The number of benzene rings is 2. The maximum atomic E-state index is 14.9. The highest BCUT2D eigenvalue weighted by atomic mass is 19.1. The Morgan fingerprint density at radius 1 is 1.03 bits per heavy atom. The minimum atomic E-state index is -1.83. The summed E-state index contributed by atoms with van der Waals surface area (Å²) in [5.74, 6) is -1.74. The molecule has 0 fully saturated rings. The summed E-state index contributed by atoms with van der Waals surface area (Å²) in [6.07, 6.45) is 1.93. The van der Waals surface area contributed by atoms with Crippen molar-refractivity contribution in [3.8, 4) is 18.2 Å². The molecule has 1 heterocycles. The van der Waals surface area contributed by atoms with E-state index in [0.29, 0.717) is 25.2 Å². The normalized spacial score (nSPS) is 22.5. The number of nitrogens with zero attached hydrogens (tertiary/aromatic N) is 4. The lowest BCUT2D eigenvalue weighted by molar-refractivity contribution is 0.199. The van der Waals surface area contributed by atoms with Crippen LogP contribution < -0.4 is 5.73 Å². The zero-order chi connectivity index (χ0) is 22.0. The zero-order valence-electron chi connectivity index (χ0n) is 16.8. The number of nitriles is 3. The Labute approximate surface area is 180 Å². The molecule has 152 valence electrons. The first-order valence-electron chi connectivity index (χ1n) is 9.99. The molecule has 4 rings (SSSR count). The van der Waals surface area contributed by atoms with Gasteiger partial charge >= 0.3 is 0 Å². The van der Waals surface area contributed by atoms with Crippen molar-refractivity contribution in [3.63, 3.8) is 0 Å². The summed E-state index contributed by atoms with van der Waals surface area (Å²) in [6.45, 7) is 1.73. The van der Waals surface area contributed by atoms with Crippen molar-refractivity contribution in [1.29, 1.82) is 15.8 Å². The molecule has 0 aromatic heterocycles. The average molecular weight is 409 g/mol. The molecule has 2 N–H and O–H groups in total. The number of rotatable bonds is 3. The largest absolute Gasteiger partial charge is 0.399 e. The molecule has 0 amide bonds. The van der Waals surface area contributed by atoms with Crippen LogP contribution in [0.15, 0.2) is 77.5 Å². The lowest BCUT2D eigenvalue weighted by Crippen LogP contribution is -2.48. The summed E-state index contributed by atoms with van der Waals surface area (Å²) in [5, 5.41) is 30.0. The molecule has 0 saturated carbocycles. The molecule has 2 aromatic rings. The van der Waals surface area contributed by atoms with Gasteiger partial charge in [-0.1, -0.05) is 54.6 Å². The van der Waals surface area contributed by atoms with E-state index in [2.05, 4.69) is 11.0 Å². The number of fused-ring (bicyclic) bond motifs is 1. The van der Waals surface area contributed by atoms with Crippen molar-refractivity contribution in [2.45, 2.75) is 12.5 Å². The predicted octanol–water partition coefficient (Wildman–Crippen LogP) is 3.75. The summed E-state index contributed by atoms with van der Waals surface area (Å²) in [4.78, 5) is 2.17. The summed E-state index contributed by atoms with van der Waals surface area (Å²) < 4.78 is 14.9. The van der Waals surface area contributed by atoms with Crippen LogP contribution in [-0.2, 0) is 6.54 Å². The third-order valence-corrected chi connectivity index (χ3v) is 6.23. The SMILES string of the molecule is N#CC1=C(N)C(C#N)(C#N)[C@@H](c2ccccc2F)[C@@H]2CN(Cc3ccccc3)CC=C12. The van der Waals surface area contributed by atoms with E-state index in [4.69, 9.17) is 5.73 Å². The van der Waals surface area contributed by atoms with Crippen molar-refractivity contribution in [3.05, 3.63) is 94.5 Å². The first-order valence-corrected chi connectivity index (χ1v) is 9.99.